The smallest absolute Gasteiger partial charge is 0.241 e. The Balaban J connectivity index is 1.96. The molecule has 4 aromatic rings. The molecule has 22 heavy (non-hydrogen) atoms. The Kier molecular flexibility index (Phi) is 3.44. The Morgan fingerprint density at radius 1 is 0.955 bits per heavy atom. The summed E-state index contributed by atoms with van der Waals surface area (Å²) in [4.78, 5) is 9.22. The molecule has 2 aromatic heterocycles. The van der Waals surface area contributed by atoms with Gasteiger partial charge in [-0.15, -0.1) is 11.3 Å². The summed E-state index contributed by atoms with van der Waals surface area (Å²) in [6, 6.07) is 18.0. The van der Waals surface area contributed by atoms with Gasteiger partial charge >= 0.3 is 0 Å². The highest BCUT2D eigenvalue weighted by atomic mass is 32.2. The summed E-state index contributed by atoms with van der Waals surface area (Å²) in [5.41, 5.74) is 0.964. The number of para-hydroxylation sites is 1. The zero-order valence-corrected chi connectivity index (χ0v) is 13.4. The van der Waals surface area contributed by atoms with Crippen LogP contribution in [0.15, 0.2) is 59.8 Å². The Bertz CT molecular complexity index is 951. The summed E-state index contributed by atoms with van der Waals surface area (Å²) < 4.78 is 8.20. The van der Waals surface area contributed by atoms with Crippen LogP contribution in [0.3, 0.4) is 0 Å². The molecule has 0 aliphatic rings. The molecule has 0 aliphatic heterocycles. The lowest BCUT2D eigenvalue weighted by atomic mass is 10.2. The molecule has 0 radical (unpaired) electrons. The van der Waals surface area contributed by atoms with E-state index < -0.39 is 0 Å². The first kappa shape index (κ1) is 13.5. The van der Waals surface area contributed by atoms with E-state index in [1.807, 2.05) is 48.7 Å². The van der Waals surface area contributed by atoms with Gasteiger partial charge in [0.1, 0.15) is 10.4 Å². The van der Waals surface area contributed by atoms with Crippen molar-refractivity contribution in [3.05, 3.63) is 54.6 Å². The Morgan fingerprint density at radius 3 is 2.55 bits per heavy atom. The third kappa shape index (κ3) is 2.32. The van der Waals surface area contributed by atoms with E-state index in [1.165, 1.54) is 16.5 Å². The quantitative estimate of drug-likeness (QED) is 0.375. The average molecular weight is 324 g/mol. The standard InChI is InChI=1S/C17H12N2OS2/c1-21-17-18-14-12-9-5-6-10-13(12)22-15(14)16(19-17)20-11-7-3-2-4-8-11/h2-10H,1H3. The second-order valence-electron chi connectivity index (χ2n) is 4.71. The van der Waals surface area contributed by atoms with Gasteiger partial charge in [-0.3, -0.25) is 0 Å². The number of ether oxygens (including phenoxy) is 1. The van der Waals surface area contributed by atoms with E-state index >= 15 is 0 Å². The molecule has 0 spiro atoms. The van der Waals surface area contributed by atoms with Crippen molar-refractivity contribution in [2.45, 2.75) is 5.16 Å². The Hall–Kier alpha value is -2.11. The van der Waals surface area contributed by atoms with Gasteiger partial charge in [-0.25, -0.2) is 4.98 Å². The summed E-state index contributed by atoms with van der Waals surface area (Å²) >= 11 is 3.19. The predicted octanol–water partition coefficient (Wildman–Crippen LogP) is 5.36. The zero-order chi connectivity index (χ0) is 14.9. The minimum absolute atomic E-state index is 0.627. The van der Waals surface area contributed by atoms with Crippen LogP contribution in [0.2, 0.25) is 0 Å². The molecule has 0 N–H and O–H groups in total. The number of thiophene rings is 1. The largest absolute Gasteiger partial charge is 0.437 e. The van der Waals surface area contributed by atoms with Crippen LogP contribution in [-0.2, 0) is 0 Å². The summed E-state index contributed by atoms with van der Waals surface area (Å²) in [6.07, 6.45) is 1.97. The SMILES string of the molecule is CSc1nc(Oc2ccccc2)c2sc3ccccc3c2n1. The fourth-order valence-corrected chi connectivity index (χ4v) is 3.73. The van der Waals surface area contributed by atoms with Gasteiger partial charge in [-0.05, 0) is 24.5 Å². The minimum Gasteiger partial charge on any atom is -0.437 e. The van der Waals surface area contributed by atoms with E-state index in [4.69, 9.17) is 4.74 Å². The molecule has 0 bridgehead atoms. The van der Waals surface area contributed by atoms with Crippen molar-refractivity contribution in [2.24, 2.45) is 0 Å². The number of nitrogens with zero attached hydrogens (tertiary/aromatic N) is 2. The molecular formula is C17H12N2OS2. The topological polar surface area (TPSA) is 35.0 Å². The fourth-order valence-electron chi connectivity index (χ4n) is 2.31. The van der Waals surface area contributed by atoms with E-state index in [2.05, 4.69) is 22.1 Å². The van der Waals surface area contributed by atoms with Crippen molar-refractivity contribution in [1.29, 1.82) is 0 Å². The molecule has 4 rings (SSSR count). The first-order valence-electron chi connectivity index (χ1n) is 6.81. The lowest BCUT2D eigenvalue weighted by molar-refractivity contribution is 0.464. The van der Waals surface area contributed by atoms with Crippen LogP contribution in [-0.4, -0.2) is 16.2 Å². The maximum absolute atomic E-state index is 6.01. The molecule has 0 saturated carbocycles. The monoisotopic (exact) mass is 324 g/mol. The molecule has 0 saturated heterocycles. The lowest BCUT2D eigenvalue weighted by Gasteiger charge is -2.06. The minimum atomic E-state index is 0.627. The van der Waals surface area contributed by atoms with Gasteiger partial charge in [0.05, 0.1) is 5.52 Å². The van der Waals surface area contributed by atoms with Gasteiger partial charge in [-0.2, -0.15) is 4.98 Å². The maximum Gasteiger partial charge on any atom is 0.241 e. The third-order valence-corrected chi connectivity index (χ3v) is 5.00. The molecule has 0 atom stereocenters. The van der Waals surface area contributed by atoms with Crippen LogP contribution >= 0.6 is 23.1 Å². The van der Waals surface area contributed by atoms with Crippen molar-refractivity contribution in [3.63, 3.8) is 0 Å². The molecule has 0 amide bonds. The number of hydrogen-bond acceptors (Lipinski definition) is 5. The lowest BCUT2D eigenvalue weighted by Crippen LogP contribution is -1.92. The molecule has 3 nitrogen and oxygen atoms in total. The average Bonchev–Trinajstić information content (AvgIpc) is 2.95. The molecule has 2 heterocycles. The maximum atomic E-state index is 6.01. The normalized spacial score (nSPS) is 11.1. The molecule has 5 heteroatoms. The number of hydrogen-bond donors (Lipinski definition) is 0. The fraction of sp³-hybridized carbons (Fsp3) is 0.0588. The van der Waals surface area contributed by atoms with Gasteiger partial charge in [-0.1, -0.05) is 48.2 Å². The second-order valence-corrected chi connectivity index (χ2v) is 6.53. The zero-order valence-electron chi connectivity index (χ0n) is 11.8. The summed E-state index contributed by atoms with van der Waals surface area (Å²) in [5.74, 6) is 1.41. The van der Waals surface area contributed by atoms with Gasteiger partial charge in [0.15, 0.2) is 5.16 Å². The van der Waals surface area contributed by atoms with Crippen LogP contribution in [0.1, 0.15) is 0 Å². The molecular weight excluding hydrogens is 312 g/mol. The van der Waals surface area contributed by atoms with Crippen molar-refractivity contribution in [1.82, 2.24) is 9.97 Å². The summed E-state index contributed by atoms with van der Waals surface area (Å²) in [6.45, 7) is 0. The molecule has 0 unspecified atom stereocenters. The highest BCUT2D eigenvalue weighted by molar-refractivity contribution is 7.98. The molecule has 2 aromatic carbocycles. The second kappa shape index (κ2) is 5.59. The van der Waals surface area contributed by atoms with Crippen LogP contribution in [0.25, 0.3) is 20.3 Å². The van der Waals surface area contributed by atoms with E-state index in [9.17, 15) is 0 Å². The molecule has 0 aliphatic carbocycles. The number of aromatic nitrogens is 2. The Labute approximate surface area is 136 Å². The number of fused-ring (bicyclic) bond motifs is 3. The van der Waals surface area contributed by atoms with E-state index in [0.29, 0.717) is 5.88 Å². The Morgan fingerprint density at radius 2 is 1.73 bits per heavy atom. The predicted molar refractivity (Wildman–Crippen MR) is 93.2 cm³/mol. The third-order valence-electron chi connectivity index (χ3n) is 3.31. The molecule has 0 fully saturated rings. The van der Waals surface area contributed by atoms with Crippen LogP contribution in [0.5, 0.6) is 11.6 Å². The highest BCUT2D eigenvalue weighted by Gasteiger charge is 2.15. The number of benzene rings is 2. The van der Waals surface area contributed by atoms with Crippen LogP contribution in [0.4, 0.5) is 0 Å². The van der Waals surface area contributed by atoms with Crippen molar-refractivity contribution < 1.29 is 4.74 Å². The van der Waals surface area contributed by atoms with E-state index in [-0.39, 0.29) is 0 Å². The number of rotatable bonds is 3. The van der Waals surface area contributed by atoms with Gasteiger partial charge in [0.25, 0.3) is 0 Å². The molecule has 108 valence electrons. The summed E-state index contributed by atoms with van der Waals surface area (Å²) in [7, 11) is 0. The van der Waals surface area contributed by atoms with E-state index in [0.717, 1.165) is 26.5 Å². The van der Waals surface area contributed by atoms with Gasteiger partial charge < -0.3 is 4.74 Å². The van der Waals surface area contributed by atoms with Crippen molar-refractivity contribution >= 4 is 43.4 Å². The summed E-state index contributed by atoms with van der Waals surface area (Å²) in [5, 5.41) is 1.88. The van der Waals surface area contributed by atoms with Crippen LogP contribution < -0.4 is 4.74 Å². The van der Waals surface area contributed by atoms with Crippen LogP contribution in [0, 0.1) is 0 Å². The van der Waals surface area contributed by atoms with Crippen molar-refractivity contribution in [2.75, 3.05) is 6.26 Å². The van der Waals surface area contributed by atoms with E-state index in [1.54, 1.807) is 11.3 Å². The first-order valence-corrected chi connectivity index (χ1v) is 8.85. The number of thioether (sulfide) groups is 1. The first-order chi connectivity index (χ1) is 10.8. The van der Waals surface area contributed by atoms with Gasteiger partial charge in [0.2, 0.25) is 5.88 Å². The van der Waals surface area contributed by atoms with Gasteiger partial charge in [0, 0.05) is 10.1 Å². The van der Waals surface area contributed by atoms with Crippen molar-refractivity contribution in [3.8, 4) is 11.6 Å². The highest BCUT2D eigenvalue weighted by Crippen LogP contribution is 2.39.